The molecule has 20 heavy (non-hydrogen) atoms. The number of hydrogen-bond donors (Lipinski definition) is 1. The smallest absolute Gasteiger partial charge is 0.128 e. The molecule has 3 nitrogen and oxygen atoms in total. The fourth-order valence-electron chi connectivity index (χ4n) is 2.65. The summed E-state index contributed by atoms with van der Waals surface area (Å²) in [5.74, 6) is 1.85. The van der Waals surface area contributed by atoms with Crippen molar-refractivity contribution in [2.45, 2.75) is 65.2 Å². The Kier molecular flexibility index (Phi) is 4.59. The van der Waals surface area contributed by atoms with Crippen LogP contribution < -0.4 is 14.8 Å². The zero-order chi connectivity index (χ0) is 14.8. The maximum atomic E-state index is 6.13. The van der Waals surface area contributed by atoms with Gasteiger partial charge in [-0.25, -0.2) is 0 Å². The molecule has 0 saturated carbocycles. The Hall–Kier alpha value is -1.22. The highest BCUT2D eigenvalue weighted by atomic mass is 16.5. The third kappa shape index (κ3) is 3.45. The summed E-state index contributed by atoms with van der Waals surface area (Å²) in [4.78, 5) is 0. The average molecular weight is 277 g/mol. The van der Waals surface area contributed by atoms with E-state index < -0.39 is 0 Å². The van der Waals surface area contributed by atoms with Gasteiger partial charge in [0.05, 0.1) is 6.10 Å². The first-order valence-electron chi connectivity index (χ1n) is 7.68. The van der Waals surface area contributed by atoms with Crippen LogP contribution in [0.1, 0.15) is 59.1 Å². The number of fused-ring (bicyclic) bond motifs is 1. The van der Waals surface area contributed by atoms with Gasteiger partial charge in [0.25, 0.3) is 0 Å². The second kappa shape index (κ2) is 6.04. The molecule has 1 aromatic carbocycles. The van der Waals surface area contributed by atoms with Crippen molar-refractivity contribution >= 4 is 0 Å². The first-order chi connectivity index (χ1) is 9.45. The van der Waals surface area contributed by atoms with Crippen molar-refractivity contribution in [1.29, 1.82) is 0 Å². The van der Waals surface area contributed by atoms with Gasteiger partial charge in [-0.2, -0.15) is 0 Å². The molecule has 1 heterocycles. The topological polar surface area (TPSA) is 30.5 Å². The summed E-state index contributed by atoms with van der Waals surface area (Å²) in [6.07, 6.45) is 2.22. The predicted molar refractivity (Wildman–Crippen MR) is 82.6 cm³/mol. The lowest BCUT2D eigenvalue weighted by Crippen LogP contribution is -2.39. The molecule has 0 bridgehead atoms. The van der Waals surface area contributed by atoms with E-state index in [1.165, 1.54) is 5.56 Å². The van der Waals surface area contributed by atoms with Crippen LogP contribution in [0.5, 0.6) is 11.5 Å². The highest BCUT2D eigenvalue weighted by molar-refractivity contribution is 5.44. The van der Waals surface area contributed by atoms with Gasteiger partial charge in [-0.05, 0) is 39.8 Å². The molecule has 1 aliphatic rings. The van der Waals surface area contributed by atoms with Gasteiger partial charge in [0.2, 0.25) is 0 Å². The van der Waals surface area contributed by atoms with Crippen molar-refractivity contribution < 1.29 is 9.47 Å². The molecule has 0 aromatic heterocycles. The van der Waals surface area contributed by atoms with Crippen molar-refractivity contribution in [2.24, 2.45) is 0 Å². The van der Waals surface area contributed by atoms with Gasteiger partial charge in [-0.3, -0.25) is 0 Å². The van der Waals surface area contributed by atoms with E-state index in [2.05, 4.69) is 52.1 Å². The minimum atomic E-state index is -0.144. The van der Waals surface area contributed by atoms with Crippen molar-refractivity contribution in [1.82, 2.24) is 5.32 Å². The first-order valence-corrected chi connectivity index (χ1v) is 7.68. The number of ether oxygens (including phenoxy) is 2. The highest BCUT2D eigenvalue weighted by Gasteiger charge is 2.33. The van der Waals surface area contributed by atoms with Crippen LogP contribution >= 0.6 is 0 Å². The van der Waals surface area contributed by atoms with E-state index in [9.17, 15) is 0 Å². The molecule has 0 aliphatic carbocycles. The standard InChI is InChI=1S/C17H27NO2/c1-6-12(3)19-13-8-9-14-15(18-7-2)11-17(4,5)20-16(14)10-13/h8-10,12,15,18H,6-7,11H2,1-5H3. The second-order valence-corrected chi connectivity index (χ2v) is 6.21. The summed E-state index contributed by atoms with van der Waals surface area (Å²) in [6, 6.07) is 6.58. The van der Waals surface area contributed by atoms with Crippen molar-refractivity contribution in [3.8, 4) is 11.5 Å². The van der Waals surface area contributed by atoms with Gasteiger partial charge in [0.15, 0.2) is 0 Å². The predicted octanol–water partition coefficient (Wildman–Crippen LogP) is 4.08. The molecule has 2 unspecified atom stereocenters. The van der Waals surface area contributed by atoms with E-state index >= 15 is 0 Å². The Bertz CT molecular complexity index is 456. The molecule has 2 rings (SSSR count). The van der Waals surface area contributed by atoms with Crippen molar-refractivity contribution in [2.75, 3.05) is 6.54 Å². The molecule has 1 N–H and O–H groups in total. The molecule has 0 saturated heterocycles. The fourth-order valence-corrected chi connectivity index (χ4v) is 2.65. The number of rotatable bonds is 5. The Balaban J connectivity index is 2.27. The van der Waals surface area contributed by atoms with Gasteiger partial charge >= 0.3 is 0 Å². The normalized spacial score (nSPS) is 21.8. The minimum absolute atomic E-state index is 0.144. The maximum Gasteiger partial charge on any atom is 0.128 e. The van der Waals surface area contributed by atoms with Gasteiger partial charge in [0, 0.05) is 24.1 Å². The maximum absolute atomic E-state index is 6.13. The van der Waals surface area contributed by atoms with Crippen LogP contribution in [0.3, 0.4) is 0 Å². The van der Waals surface area contributed by atoms with Crippen LogP contribution in [0.25, 0.3) is 0 Å². The number of hydrogen-bond acceptors (Lipinski definition) is 3. The Morgan fingerprint density at radius 2 is 2.15 bits per heavy atom. The molecule has 2 atom stereocenters. The molecule has 112 valence electrons. The fraction of sp³-hybridized carbons (Fsp3) is 0.647. The van der Waals surface area contributed by atoms with E-state index in [0.717, 1.165) is 30.9 Å². The lowest BCUT2D eigenvalue weighted by molar-refractivity contribution is 0.0658. The van der Waals surface area contributed by atoms with E-state index in [1.54, 1.807) is 0 Å². The molecule has 1 aromatic rings. The van der Waals surface area contributed by atoms with Crippen molar-refractivity contribution in [3.63, 3.8) is 0 Å². The molecular weight excluding hydrogens is 250 g/mol. The Morgan fingerprint density at radius 1 is 1.40 bits per heavy atom. The van der Waals surface area contributed by atoms with E-state index in [-0.39, 0.29) is 11.7 Å². The zero-order valence-corrected chi connectivity index (χ0v) is 13.3. The Labute approximate surface area is 122 Å². The molecule has 1 aliphatic heterocycles. The number of benzene rings is 1. The largest absolute Gasteiger partial charge is 0.491 e. The summed E-state index contributed by atoms with van der Waals surface area (Å²) in [5, 5.41) is 3.55. The van der Waals surface area contributed by atoms with Crippen LogP contribution in [0.4, 0.5) is 0 Å². The third-order valence-electron chi connectivity index (χ3n) is 3.81. The third-order valence-corrected chi connectivity index (χ3v) is 3.81. The minimum Gasteiger partial charge on any atom is -0.491 e. The quantitative estimate of drug-likeness (QED) is 0.880. The SMILES string of the molecule is CCNC1CC(C)(C)Oc2cc(OC(C)CC)ccc21. The highest BCUT2D eigenvalue weighted by Crippen LogP contribution is 2.41. The summed E-state index contributed by atoms with van der Waals surface area (Å²) in [6.45, 7) is 11.6. The van der Waals surface area contributed by atoms with E-state index in [4.69, 9.17) is 9.47 Å². The zero-order valence-electron chi connectivity index (χ0n) is 13.3. The van der Waals surface area contributed by atoms with Crippen molar-refractivity contribution in [3.05, 3.63) is 23.8 Å². The molecule has 0 amide bonds. The monoisotopic (exact) mass is 277 g/mol. The lowest BCUT2D eigenvalue weighted by atomic mass is 9.89. The lowest BCUT2D eigenvalue weighted by Gasteiger charge is -2.38. The molecule has 0 radical (unpaired) electrons. The molecule has 0 fully saturated rings. The van der Waals surface area contributed by atoms with Crippen LogP contribution in [-0.2, 0) is 0 Å². The summed E-state index contributed by atoms with van der Waals surface area (Å²) in [5.41, 5.74) is 1.09. The number of nitrogens with one attached hydrogen (secondary N) is 1. The average Bonchev–Trinajstić information content (AvgIpc) is 2.37. The van der Waals surface area contributed by atoms with Gasteiger partial charge in [-0.15, -0.1) is 0 Å². The Morgan fingerprint density at radius 3 is 2.80 bits per heavy atom. The van der Waals surface area contributed by atoms with Gasteiger partial charge < -0.3 is 14.8 Å². The molecule has 3 heteroatoms. The summed E-state index contributed by atoms with van der Waals surface area (Å²) in [7, 11) is 0. The first kappa shape index (κ1) is 15.2. The van der Waals surface area contributed by atoms with Crippen LogP contribution in [0.15, 0.2) is 18.2 Å². The van der Waals surface area contributed by atoms with E-state index in [0.29, 0.717) is 6.04 Å². The summed E-state index contributed by atoms with van der Waals surface area (Å²) < 4.78 is 12.0. The van der Waals surface area contributed by atoms with Crippen LogP contribution in [0, 0.1) is 0 Å². The summed E-state index contributed by atoms with van der Waals surface area (Å²) >= 11 is 0. The van der Waals surface area contributed by atoms with Crippen LogP contribution in [-0.4, -0.2) is 18.2 Å². The van der Waals surface area contributed by atoms with Crippen LogP contribution in [0.2, 0.25) is 0 Å². The van der Waals surface area contributed by atoms with Gasteiger partial charge in [0.1, 0.15) is 17.1 Å². The molecular formula is C17H27NO2. The second-order valence-electron chi connectivity index (χ2n) is 6.21. The van der Waals surface area contributed by atoms with Gasteiger partial charge in [-0.1, -0.05) is 19.9 Å². The van der Waals surface area contributed by atoms with E-state index in [1.807, 2.05) is 6.07 Å². The molecule has 0 spiro atoms.